The van der Waals surface area contributed by atoms with Crippen LogP contribution in [0.3, 0.4) is 0 Å². The predicted octanol–water partition coefficient (Wildman–Crippen LogP) is 13.3. The fourth-order valence-corrected chi connectivity index (χ4v) is 7.17. The predicted molar refractivity (Wildman–Crippen MR) is 223 cm³/mol. The smallest absolute Gasteiger partial charge is 0.227 e. The van der Waals surface area contributed by atoms with E-state index < -0.39 is 12.1 Å². The summed E-state index contributed by atoms with van der Waals surface area (Å²) in [5, 5.41) is 3.81. The summed E-state index contributed by atoms with van der Waals surface area (Å²) in [6, 6.07) is 46.0. The Bertz CT molecular complexity index is 3390. The lowest BCUT2D eigenvalue weighted by molar-refractivity contribution is 0.619. The molecule has 0 spiro atoms. The van der Waals surface area contributed by atoms with Gasteiger partial charge in [0.2, 0.25) is 11.8 Å². The van der Waals surface area contributed by atoms with Gasteiger partial charge >= 0.3 is 0 Å². The maximum atomic E-state index is 8.97. The minimum atomic E-state index is -0.451. The average Bonchev–Trinajstić information content (AvgIpc) is 3.94. The Hall–Kier alpha value is -7.57. The number of nitrogens with zero attached hydrogens (tertiary/aromatic N) is 4. The molecule has 0 bridgehead atoms. The third-order valence-electron chi connectivity index (χ3n) is 9.89. The van der Waals surface area contributed by atoms with E-state index in [9.17, 15) is 0 Å². The van der Waals surface area contributed by atoms with Crippen molar-refractivity contribution in [1.82, 2.24) is 15.0 Å². The van der Waals surface area contributed by atoms with Crippen LogP contribution in [0.15, 0.2) is 191 Å². The number of hydrogen-bond donors (Lipinski definition) is 0. The molecule has 258 valence electrons. The van der Waals surface area contributed by atoms with E-state index in [1.165, 1.54) is 0 Å². The molecule has 11 rings (SSSR count). The summed E-state index contributed by atoms with van der Waals surface area (Å²) in [5.41, 5.74) is 8.31. The van der Waals surface area contributed by atoms with Crippen LogP contribution in [0, 0.1) is 0 Å². The van der Waals surface area contributed by atoms with E-state index in [1.807, 2.05) is 97.1 Å². The topological polar surface area (TPSA) is 68.2 Å². The monoisotopic (exact) mass is 712 g/mol. The molecule has 8 aromatic carbocycles. The maximum absolute atomic E-state index is 8.97. The first-order chi connectivity index (χ1) is 29.7. The molecule has 55 heavy (non-hydrogen) atoms. The van der Waals surface area contributed by atoms with Gasteiger partial charge in [0.15, 0.2) is 11.2 Å². The van der Waals surface area contributed by atoms with Crippen molar-refractivity contribution in [3.05, 3.63) is 182 Å². The molecular formula is C49H30N4O2. The molecule has 0 unspecified atom stereocenters. The van der Waals surface area contributed by atoms with E-state index >= 15 is 0 Å². The molecule has 0 aliphatic heterocycles. The number of pyridine rings is 1. The summed E-state index contributed by atoms with van der Waals surface area (Å²) < 4.78 is 62.8. The third-order valence-corrected chi connectivity index (χ3v) is 9.89. The van der Waals surface area contributed by atoms with Crippen LogP contribution < -0.4 is 4.90 Å². The number of para-hydroxylation sites is 4. The SMILES string of the molecule is [2H]c1c([2H])c([2H])c2c([2H])c(-c3ccc4c(ccc5cc(N(c6ccc(-c7nc8ccccc8o7)cc6)c6ccc(-c7nc8ccccc8o7)cc6)ccc54)c3)nc([2H])c2c1[2H]. The first kappa shape index (κ1) is 25.4. The van der Waals surface area contributed by atoms with E-state index in [2.05, 4.69) is 58.4 Å². The molecule has 0 N–H and O–H groups in total. The highest BCUT2D eigenvalue weighted by Gasteiger charge is 2.17. The summed E-state index contributed by atoms with van der Waals surface area (Å²) in [6.45, 7) is 0. The van der Waals surface area contributed by atoms with Gasteiger partial charge in [0, 0.05) is 45.3 Å². The summed E-state index contributed by atoms with van der Waals surface area (Å²) in [4.78, 5) is 16.0. The number of benzene rings is 8. The molecule has 11 aromatic rings. The van der Waals surface area contributed by atoms with Crippen LogP contribution in [0.4, 0.5) is 17.1 Å². The van der Waals surface area contributed by atoms with Crippen molar-refractivity contribution in [2.75, 3.05) is 4.90 Å². The van der Waals surface area contributed by atoms with Gasteiger partial charge in [0.1, 0.15) is 11.0 Å². The van der Waals surface area contributed by atoms with Crippen molar-refractivity contribution in [3.8, 4) is 34.2 Å². The van der Waals surface area contributed by atoms with Crippen molar-refractivity contribution < 1.29 is 17.1 Å². The normalized spacial score (nSPS) is 13.2. The van der Waals surface area contributed by atoms with Gasteiger partial charge in [-0.3, -0.25) is 4.98 Å². The lowest BCUT2D eigenvalue weighted by atomic mass is 9.98. The van der Waals surface area contributed by atoms with Gasteiger partial charge in [0.25, 0.3) is 0 Å². The average molecular weight is 713 g/mol. The van der Waals surface area contributed by atoms with Crippen LogP contribution in [0.2, 0.25) is 0 Å². The second-order valence-electron chi connectivity index (χ2n) is 13.3. The molecule has 0 aliphatic carbocycles. The van der Waals surface area contributed by atoms with Gasteiger partial charge < -0.3 is 13.7 Å². The highest BCUT2D eigenvalue weighted by atomic mass is 16.4. The Balaban J connectivity index is 0.992. The van der Waals surface area contributed by atoms with E-state index in [0.717, 1.165) is 71.9 Å². The Morgan fingerprint density at radius 2 is 1.00 bits per heavy atom. The zero-order valence-electron chi connectivity index (χ0n) is 35.0. The van der Waals surface area contributed by atoms with Crippen molar-refractivity contribution in [1.29, 1.82) is 0 Å². The second-order valence-corrected chi connectivity index (χ2v) is 13.3. The maximum Gasteiger partial charge on any atom is 0.227 e. The van der Waals surface area contributed by atoms with Crippen molar-refractivity contribution >= 4 is 71.6 Å². The second kappa shape index (κ2) is 12.5. The largest absolute Gasteiger partial charge is 0.436 e. The number of aromatic nitrogens is 3. The summed E-state index contributed by atoms with van der Waals surface area (Å²) >= 11 is 0. The van der Waals surface area contributed by atoms with Gasteiger partial charge in [-0.15, -0.1) is 0 Å². The number of fused-ring (bicyclic) bond motifs is 6. The number of rotatable bonds is 6. The van der Waals surface area contributed by atoms with Gasteiger partial charge in [-0.2, -0.15) is 0 Å². The van der Waals surface area contributed by atoms with Gasteiger partial charge in [-0.25, -0.2) is 9.97 Å². The van der Waals surface area contributed by atoms with Crippen molar-refractivity contribution in [2.24, 2.45) is 0 Å². The van der Waals surface area contributed by atoms with Crippen molar-refractivity contribution in [3.63, 3.8) is 0 Å². The molecule has 0 saturated carbocycles. The van der Waals surface area contributed by atoms with Gasteiger partial charge in [-0.05, 0) is 124 Å². The van der Waals surface area contributed by atoms with Crippen LogP contribution in [0.1, 0.15) is 8.22 Å². The quantitative estimate of drug-likeness (QED) is 0.160. The van der Waals surface area contributed by atoms with Gasteiger partial charge in [-0.1, -0.05) is 78.8 Å². The van der Waals surface area contributed by atoms with E-state index in [1.54, 1.807) is 0 Å². The molecular weight excluding hydrogens is 677 g/mol. The lowest BCUT2D eigenvalue weighted by Gasteiger charge is -2.26. The number of hydrogen-bond acceptors (Lipinski definition) is 6. The van der Waals surface area contributed by atoms with Crippen LogP contribution in [0.5, 0.6) is 0 Å². The fraction of sp³-hybridized carbons (Fsp3) is 0. The minimum absolute atomic E-state index is 0.0154. The number of oxazole rings is 2. The highest BCUT2D eigenvalue weighted by molar-refractivity contribution is 6.09. The van der Waals surface area contributed by atoms with Crippen LogP contribution >= 0.6 is 0 Å². The molecule has 0 aliphatic rings. The molecule has 6 nitrogen and oxygen atoms in total. The van der Waals surface area contributed by atoms with E-state index in [0.29, 0.717) is 17.3 Å². The Morgan fingerprint density at radius 1 is 0.473 bits per heavy atom. The Labute approximate surface area is 324 Å². The minimum Gasteiger partial charge on any atom is -0.436 e. The summed E-state index contributed by atoms with van der Waals surface area (Å²) in [6.07, 6.45) is -0.301. The van der Waals surface area contributed by atoms with Crippen LogP contribution in [0.25, 0.3) is 88.7 Å². The molecule has 6 heteroatoms. The molecule has 0 fully saturated rings. The Kier molecular flexibility index (Phi) is 5.79. The van der Waals surface area contributed by atoms with Gasteiger partial charge in [0.05, 0.1) is 13.9 Å². The summed E-state index contributed by atoms with van der Waals surface area (Å²) in [5.74, 6) is 1.09. The van der Waals surface area contributed by atoms with Crippen molar-refractivity contribution in [2.45, 2.75) is 0 Å². The zero-order chi connectivity index (χ0) is 41.5. The number of anilines is 3. The summed E-state index contributed by atoms with van der Waals surface area (Å²) in [7, 11) is 0. The molecule has 0 radical (unpaired) electrons. The van der Waals surface area contributed by atoms with E-state index in [4.69, 9.17) is 27.0 Å². The van der Waals surface area contributed by atoms with Crippen LogP contribution in [-0.2, 0) is 0 Å². The fourth-order valence-electron chi connectivity index (χ4n) is 7.17. The Morgan fingerprint density at radius 3 is 1.62 bits per heavy atom. The first-order valence-corrected chi connectivity index (χ1v) is 17.8. The van der Waals surface area contributed by atoms with Crippen LogP contribution in [-0.4, -0.2) is 15.0 Å². The lowest BCUT2D eigenvalue weighted by Crippen LogP contribution is -2.09. The molecule has 0 atom stereocenters. The molecule has 3 aromatic heterocycles. The molecule has 0 saturated heterocycles. The van der Waals surface area contributed by atoms with E-state index in [-0.39, 0.29) is 40.8 Å². The molecule has 0 amide bonds. The third kappa shape index (κ3) is 5.47. The first-order valence-electron chi connectivity index (χ1n) is 20.8. The highest BCUT2D eigenvalue weighted by Crippen LogP contribution is 2.40. The zero-order valence-corrected chi connectivity index (χ0v) is 29.0. The molecule has 3 heterocycles. The standard InChI is InChI=1S/C49H30N4O2/c1-2-8-37-30-50-45(29-33(37)7-1)36-19-25-41-34(27-36)13-14-35-28-40(24-26-42(35)41)53(38-20-15-31(16-21-38)48-51-43-9-3-5-11-46(43)54-48)39-22-17-32(18-23-39)49-52-44-10-4-6-12-47(44)55-49/h1-30H/i1D,2D,7D,8D,29D,30D.